The number of sulfonamides is 1. The van der Waals surface area contributed by atoms with E-state index < -0.39 is 16.0 Å². The van der Waals surface area contributed by atoms with E-state index in [9.17, 15) is 13.2 Å². The molecule has 1 N–H and O–H groups in total. The summed E-state index contributed by atoms with van der Waals surface area (Å²) >= 11 is 0. The van der Waals surface area contributed by atoms with Gasteiger partial charge in [0.15, 0.2) is 12.4 Å². The number of esters is 1. The lowest BCUT2D eigenvalue weighted by Crippen LogP contribution is -2.15. The lowest BCUT2D eigenvalue weighted by Gasteiger charge is -2.14. The van der Waals surface area contributed by atoms with E-state index in [0.717, 1.165) is 0 Å². The second-order valence-electron chi connectivity index (χ2n) is 6.31. The summed E-state index contributed by atoms with van der Waals surface area (Å²) in [6.45, 7) is 1.43. The van der Waals surface area contributed by atoms with Crippen LogP contribution < -0.4 is 14.2 Å². The molecule has 3 aromatic rings. The van der Waals surface area contributed by atoms with Crippen LogP contribution >= 0.6 is 0 Å². The van der Waals surface area contributed by atoms with Crippen molar-refractivity contribution in [3.05, 3.63) is 78.4 Å². The third kappa shape index (κ3) is 5.30. The van der Waals surface area contributed by atoms with Crippen molar-refractivity contribution >= 4 is 21.7 Å². The maximum absolute atomic E-state index is 12.9. The lowest BCUT2D eigenvalue weighted by atomic mass is 10.2. The predicted octanol–water partition coefficient (Wildman–Crippen LogP) is 4.14. The summed E-state index contributed by atoms with van der Waals surface area (Å²) in [7, 11) is -2.62. The van der Waals surface area contributed by atoms with E-state index in [1.807, 2.05) is 18.2 Å². The standard InChI is InChI=1S/C22H21NO6S/c1-16-14-18(12-13-20(16)28-15-22(24)27-2)30(25,26)23-19-10-6-7-11-21(19)29-17-8-4-3-5-9-17/h3-14,23H,15H2,1-2H3. The summed E-state index contributed by atoms with van der Waals surface area (Å²) in [5.74, 6) is 0.837. The maximum atomic E-state index is 12.9. The van der Waals surface area contributed by atoms with Gasteiger partial charge in [0.25, 0.3) is 10.0 Å². The van der Waals surface area contributed by atoms with Crippen molar-refractivity contribution in [2.24, 2.45) is 0 Å². The van der Waals surface area contributed by atoms with Crippen molar-refractivity contribution in [2.75, 3.05) is 18.4 Å². The van der Waals surface area contributed by atoms with Crippen LogP contribution in [0.4, 0.5) is 5.69 Å². The van der Waals surface area contributed by atoms with Crippen LogP contribution in [0, 0.1) is 6.92 Å². The molecular weight excluding hydrogens is 406 g/mol. The van der Waals surface area contributed by atoms with Crippen LogP contribution in [-0.2, 0) is 19.6 Å². The molecule has 0 bridgehead atoms. The fraction of sp³-hybridized carbons (Fsp3) is 0.136. The van der Waals surface area contributed by atoms with Gasteiger partial charge in [-0.15, -0.1) is 0 Å². The first kappa shape index (κ1) is 21.2. The van der Waals surface area contributed by atoms with Crippen LogP contribution in [-0.4, -0.2) is 28.1 Å². The molecule has 0 aromatic heterocycles. The second kappa shape index (κ2) is 9.32. The zero-order valence-electron chi connectivity index (χ0n) is 16.5. The van der Waals surface area contributed by atoms with Gasteiger partial charge in [-0.1, -0.05) is 30.3 Å². The van der Waals surface area contributed by atoms with Gasteiger partial charge in [-0.25, -0.2) is 13.2 Å². The van der Waals surface area contributed by atoms with Gasteiger partial charge >= 0.3 is 5.97 Å². The number of para-hydroxylation sites is 3. The highest BCUT2D eigenvalue weighted by Crippen LogP contribution is 2.31. The number of methoxy groups -OCH3 is 1. The highest BCUT2D eigenvalue weighted by Gasteiger charge is 2.18. The molecule has 0 saturated heterocycles. The van der Waals surface area contributed by atoms with Gasteiger partial charge in [-0.05, 0) is 55.0 Å². The molecule has 0 amide bonds. The molecule has 0 aliphatic carbocycles. The summed E-state index contributed by atoms with van der Waals surface area (Å²) in [6, 6.07) is 20.2. The second-order valence-corrected chi connectivity index (χ2v) is 7.99. The summed E-state index contributed by atoms with van der Waals surface area (Å²) in [5.41, 5.74) is 0.876. The van der Waals surface area contributed by atoms with Crippen molar-refractivity contribution in [2.45, 2.75) is 11.8 Å². The molecule has 3 rings (SSSR count). The quantitative estimate of drug-likeness (QED) is 0.544. The molecule has 3 aromatic carbocycles. The van der Waals surface area contributed by atoms with E-state index in [0.29, 0.717) is 28.5 Å². The third-order valence-electron chi connectivity index (χ3n) is 4.13. The first-order valence-electron chi connectivity index (χ1n) is 9.04. The fourth-order valence-electron chi connectivity index (χ4n) is 2.61. The number of hydrogen-bond acceptors (Lipinski definition) is 6. The lowest BCUT2D eigenvalue weighted by molar-refractivity contribution is -0.142. The molecule has 0 aliphatic heterocycles. The van der Waals surface area contributed by atoms with E-state index in [1.54, 1.807) is 43.3 Å². The van der Waals surface area contributed by atoms with E-state index >= 15 is 0 Å². The normalized spacial score (nSPS) is 10.9. The largest absolute Gasteiger partial charge is 0.482 e. The Morgan fingerprint density at radius 2 is 1.63 bits per heavy atom. The van der Waals surface area contributed by atoms with Crippen molar-refractivity contribution < 1.29 is 27.4 Å². The Balaban J connectivity index is 1.80. The van der Waals surface area contributed by atoms with Gasteiger partial charge in [0.05, 0.1) is 17.7 Å². The molecule has 0 fully saturated rings. The minimum absolute atomic E-state index is 0.0555. The van der Waals surface area contributed by atoms with Crippen LogP contribution in [0.15, 0.2) is 77.7 Å². The predicted molar refractivity (Wildman–Crippen MR) is 112 cm³/mol. The highest BCUT2D eigenvalue weighted by atomic mass is 32.2. The number of carbonyl (C=O) groups is 1. The summed E-state index contributed by atoms with van der Waals surface area (Å²) < 4.78 is 44.1. The van der Waals surface area contributed by atoms with Gasteiger partial charge in [0, 0.05) is 0 Å². The molecule has 7 nitrogen and oxygen atoms in total. The highest BCUT2D eigenvalue weighted by molar-refractivity contribution is 7.92. The van der Waals surface area contributed by atoms with Gasteiger partial charge in [0.2, 0.25) is 0 Å². The monoisotopic (exact) mass is 427 g/mol. The number of aryl methyl sites for hydroxylation is 1. The molecule has 0 saturated carbocycles. The van der Waals surface area contributed by atoms with Crippen molar-refractivity contribution in [3.8, 4) is 17.2 Å². The van der Waals surface area contributed by atoms with Crippen molar-refractivity contribution in [1.29, 1.82) is 0 Å². The Morgan fingerprint density at radius 1 is 0.933 bits per heavy atom. The van der Waals surface area contributed by atoms with Crippen LogP contribution in [0.2, 0.25) is 0 Å². The zero-order valence-corrected chi connectivity index (χ0v) is 17.3. The molecule has 0 unspecified atom stereocenters. The van der Waals surface area contributed by atoms with Crippen LogP contribution in [0.25, 0.3) is 0 Å². The van der Waals surface area contributed by atoms with E-state index in [4.69, 9.17) is 9.47 Å². The van der Waals surface area contributed by atoms with Gasteiger partial charge in [-0.2, -0.15) is 0 Å². The van der Waals surface area contributed by atoms with E-state index in [-0.39, 0.29) is 11.5 Å². The first-order chi connectivity index (χ1) is 14.4. The molecule has 8 heteroatoms. The molecule has 156 valence electrons. The Morgan fingerprint density at radius 3 is 2.33 bits per heavy atom. The number of anilines is 1. The fourth-order valence-corrected chi connectivity index (χ4v) is 3.76. The van der Waals surface area contributed by atoms with Crippen molar-refractivity contribution in [3.63, 3.8) is 0 Å². The van der Waals surface area contributed by atoms with Gasteiger partial charge in [-0.3, -0.25) is 4.72 Å². The van der Waals surface area contributed by atoms with E-state index in [1.165, 1.54) is 25.3 Å². The molecule has 0 atom stereocenters. The number of ether oxygens (including phenoxy) is 3. The minimum atomic E-state index is -3.88. The number of rotatable bonds is 8. The number of benzene rings is 3. The van der Waals surface area contributed by atoms with Crippen LogP contribution in [0.1, 0.15) is 5.56 Å². The number of carbonyl (C=O) groups excluding carboxylic acids is 1. The molecule has 0 radical (unpaired) electrons. The molecule has 0 heterocycles. The van der Waals surface area contributed by atoms with Gasteiger partial charge < -0.3 is 14.2 Å². The van der Waals surface area contributed by atoms with E-state index in [2.05, 4.69) is 9.46 Å². The Hall–Kier alpha value is -3.52. The Labute approximate surface area is 175 Å². The average Bonchev–Trinajstić information content (AvgIpc) is 2.74. The van der Waals surface area contributed by atoms with Gasteiger partial charge in [0.1, 0.15) is 11.5 Å². The maximum Gasteiger partial charge on any atom is 0.343 e. The minimum Gasteiger partial charge on any atom is -0.482 e. The third-order valence-corrected chi connectivity index (χ3v) is 5.50. The SMILES string of the molecule is COC(=O)COc1ccc(S(=O)(=O)Nc2ccccc2Oc2ccccc2)cc1C. The zero-order chi connectivity index (χ0) is 21.6. The topological polar surface area (TPSA) is 90.9 Å². The smallest absolute Gasteiger partial charge is 0.343 e. The number of nitrogens with one attached hydrogen (secondary N) is 1. The van der Waals surface area contributed by atoms with Crippen molar-refractivity contribution in [1.82, 2.24) is 0 Å². The summed E-state index contributed by atoms with van der Waals surface area (Å²) in [6.07, 6.45) is 0. The Kier molecular flexibility index (Phi) is 6.58. The first-order valence-corrected chi connectivity index (χ1v) is 10.5. The number of hydrogen-bond donors (Lipinski definition) is 1. The molecule has 30 heavy (non-hydrogen) atoms. The molecular formula is C22H21NO6S. The average molecular weight is 427 g/mol. The van der Waals surface area contributed by atoms with Crippen LogP contribution in [0.5, 0.6) is 17.2 Å². The summed E-state index contributed by atoms with van der Waals surface area (Å²) in [4.78, 5) is 11.3. The Bertz CT molecular complexity index is 1130. The molecule has 0 spiro atoms. The molecule has 0 aliphatic rings. The van der Waals surface area contributed by atoms with Crippen LogP contribution in [0.3, 0.4) is 0 Å². The summed E-state index contributed by atoms with van der Waals surface area (Å²) in [5, 5.41) is 0.